The van der Waals surface area contributed by atoms with Crippen LogP contribution in [0.2, 0.25) is 0 Å². The predicted molar refractivity (Wildman–Crippen MR) is 81.0 cm³/mol. The third kappa shape index (κ3) is 4.23. The Hall–Kier alpha value is -1.20. The smallest absolute Gasteiger partial charge is 0.136 e. The lowest BCUT2D eigenvalue weighted by atomic mass is 10.2. The molecular formula is C13H22N4S. The zero-order chi connectivity index (χ0) is 13.5. The number of hydrogen-bond donors (Lipinski definition) is 2. The van der Waals surface area contributed by atoms with Crippen molar-refractivity contribution < 1.29 is 0 Å². The van der Waals surface area contributed by atoms with Crippen LogP contribution in [0, 0.1) is 0 Å². The Labute approximate surface area is 115 Å². The van der Waals surface area contributed by atoms with Gasteiger partial charge in [-0.2, -0.15) is 0 Å². The number of pyridine rings is 1. The highest BCUT2D eigenvalue weighted by Gasteiger charge is 2.08. The van der Waals surface area contributed by atoms with Gasteiger partial charge in [0.2, 0.25) is 0 Å². The number of rotatable bonds is 7. The van der Waals surface area contributed by atoms with E-state index in [1.807, 2.05) is 12.1 Å². The molecule has 0 amide bonds. The van der Waals surface area contributed by atoms with E-state index in [1.54, 1.807) is 6.20 Å². The topological polar surface area (TPSA) is 54.2 Å². The lowest BCUT2D eigenvalue weighted by Gasteiger charge is -2.23. The Kier molecular flexibility index (Phi) is 6.01. The van der Waals surface area contributed by atoms with Crippen LogP contribution in [-0.4, -0.2) is 41.1 Å². The van der Waals surface area contributed by atoms with E-state index in [0.29, 0.717) is 11.0 Å². The van der Waals surface area contributed by atoms with E-state index in [-0.39, 0.29) is 0 Å². The molecule has 100 valence electrons. The third-order valence-electron chi connectivity index (χ3n) is 3.17. The summed E-state index contributed by atoms with van der Waals surface area (Å²) in [4.78, 5) is 6.96. The van der Waals surface area contributed by atoms with Gasteiger partial charge in [-0.1, -0.05) is 19.1 Å². The van der Waals surface area contributed by atoms with E-state index < -0.39 is 0 Å². The number of aromatic nitrogens is 1. The molecule has 0 aromatic carbocycles. The zero-order valence-corrected chi connectivity index (χ0v) is 12.1. The summed E-state index contributed by atoms with van der Waals surface area (Å²) < 4.78 is 0. The molecule has 0 saturated heterocycles. The lowest BCUT2D eigenvalue weighted by molar-refractivity contribution is 0.261. The van der Waals surface area contributed by atoms with Gasteiger partial charge in [0.05, 0.1) is 5.56 Å². The fraction of sp³-hybridized carbons (Fsp3) is 0.538. The molecular weight excluding hydrogens is 244 g/mol. The molecule has 0 aliphatic rings. The Balaban J connectivity index is 2.51. The minimum absolute atomic E-state index is 0.376. The molecule has 0 saturated carbocycles. The molecule has 18 heavy (non-hydrogen) atoms. The van der Waals surface area contributed by atoms with Crippen LogP contribution in [0.5, 0.6) is 0 Å². The number of hydrogen-bond acceptors (Lipinski definition) is 4. The minimum Gasteiger partial charge on any atom is -0.389 e. The molecule has 1 aromatic rings. The fourth-order valence-corrected chi connectivity index (χ4v) is 1.79. The van der Waals surface area contributed by atoms with Gasteiger partial charge >= 0.3 is 0 Å². The van der Waals surface area contributed by atoms with Gasteiger partial charge in [-0.05, 0) is 32.5 Å². The third-order valence-corrected chi connectivity index (χ3v) is 3.39. The maximum Gasteiger partial charge on any atom is 0.136 e. The highest BCUT2D eigenvalue weighted by Crippen LogP contribution is 2.10. The molecule has 4 nitrogen and oxygen atoms in total. The van der Waals surface area contributed by atoms with Crippen molar-refractivity contribution in [3.8, 4) is 0 Å². The average Bonchev–Trinajstić information content (AvgIpc) is 2.38. The van der Waals surface area contributed by atoms with Crippen LogP contribution < -0.4 is 11.1 Å². The van der Waals surface area contributed by atoms with Gasteiger partial charge in [-0.3, -0.25) is 0 Å². The molecule has 0 fully saturated rings. The Morgan fingerprint density at radius 1 is 1.61 bits per heavy atom. The Bertz CT molecular complexity index is 394. The van der Waals surface area contributed by atoms with E-state index in [4.69, 9.17) is 18.0 Å². The molecule has 0 bridgehead atoms. The van der Waals surface area contributed by atoms with Crippen LogP contribution in [0.15, 0.2) is 18.3 Å². The Morgan fingerprint density at radius 2 is 2.33 bits per heavy atom. The van der Waals surface area contributed by atoms with Gasteiger partial charge in [0.15, 0.2) is 0 Å². The summed E-state index contributed by atoms with van der Waals surface area (Å²) in [5, 5.41) is 3.28. The molecule has 0 spiro atoms. The highest BCUT2D eigenvalue weighted by atomic mass is 32.1. The van der Waals surface area contributed by atoms with Gasteiger partial charge in [0.1, 0.15) is 10.8 Å². The van der Waals surface area contributed by atoms with Crippen LogP contribution >= 0.6 is 12.2 Å². The quantitative estimate of drug-likeness (QED) is 0.738. The number of nitrogens with zero attached hydrogens (tertiary/aromatic N) is 2. The standard InChI is InChI=1S/C13H22N4S/c1-4-10(2)17(3)9-8-16-13-11(12(14)18)6-5-7-15-13/h5-7,10H,4,8-9H2,1-3H3,(H2,14,18)(H,15,16). The van der Waals surface area contributed by atoms with E-state index in [2.05, 4.69) is 36.1 Å². The van der Waals surface area contributed by atoms with Crippen molar-refractivity contribution in [2.24, 2.45) is 5.73 Å². The second-order valence-electron chi connectivity index (χ2n) is 4.43. The molecule has 1 unspecified atom stereocenters. The van der Waals surface area contributed by atoms with Crippen molar-refractivity contribution in [1.82, 2.24) is 9.88 Å². The lowest BCUT2D eigenvalue weighted by Crippen LogP contribution is -2.33. The van der Waals surface area contributed by atoms with Crippen LogP contribution in [0.1, 0.15) is 25.8 Å². The second kappa shape index (κ2) is 7.28. The Morgan fingerprint density at radius 3 is 2.94 bits per heavy atom. The van der Waals surface area contributed by atoms with E-state index in [1.165, 1.54) is 0 Å². The van der Waals surface area contributed by atoms with Crippen LogP contribution in [-0.2, 0) is 0 Å². The molecule has 1 heterocycles. The van der Waals surface area contributed by atoms with Crippen molar-refractivity contribution in [3.63, 3.8) is 0 Å². The van der Waals surface area contributed by atoms with Crippen molar-refractivity contribution in [3.05, 3.63) is 23.9 Å². The normalized spacial score (nSPS) is 12.4. The summed E-state index contributed by atoms with van der Waals surface area (Å²) >= 11 is 5.00. The monoisotopic (exact) mass is 266 g/mol. The summed E-state index contributed by atoms with van der Waals surface area (Å²) in [6, 6.07) is 4.31. The average molecular weight is 266 g/mol. The summed E-state index contributed by atoms with van der Waals surface area (Å²) in [5.74, 6) is 0.766. The highest BCUT2D eigenvalue weighted by molar-refractivity contribution is 7.80. The first-order valence-electron chi connectivity index (χ1n) is 6.25. The molecule has 0 aliphatic carbocycles. The van der Waals surface area contributed by atoms with Crippen LogP contribution in [0.4, 0.5) is 5.82 Å². The van der Waals surface area contributed by atoms with Gasteiger partial charge in [0.25, 0.3) is 0 Å². The number of anilines is 1. The zero-order valence-electron chi connectivity index (χ0n) is 11.3. The second-order valence-corrected chi connectivity index (χ2v) is 4.87. The van der Waals surface area contributed by atoms with Crippen molar-refractivity contribution in [1.29, 1.82) is 0 Å². The molecule has 5 heteroatoms. The largest absolute Gasteiger partial charge is 0.389 e. The minimum atomic E-state index is 0.376. The summed E-state index contributed by atoms with van der Waals surface area (Å²) in [7, 11) is 2.13. The number of nitrogens with two attached hydrogens (primary N) is 1. The SMILES string of the molecule is CCC(C)N(C)CCNc1ncccc1C(N)=S. The van der Waals surface area contributed by atoms with E-state index in [9.17, 15) is 0 Å². The maximum absolute atomic E-state index is 5.66. The van der Waals surface area contributed by atoms with Gasteiger partial charge < -0.3 is 16.0 Å². The summed E-state index contributed by atoms with van der Waals surface area (Å²) in [6.07, 6.45) is 2.89. The fourth-order valence-electron chi connectivity index (χ4n) is 1.63. The summed E-state index contributed by atoms with van der Waals surface area (Å²) in [6.45, 7) is 6.20. The number of nitrogens with one attached hydrogen (secondary N) is 1. The molecule has 1 aromatic heterocycles. The molecule has 0 radical (unpaired) electrons. The van der Waals surface area contributed by atoms with Crippen LogP contribution in [0.25, 0.3) is 0 Å². The van der Waals surface area contributed by atoms with Gasteiger partial charge in [-0.25, -0.2) is 4.98 Å². The van der Waals surface area contributed by atoms with Crippen molar-refractivity contribution in [2.45, 2.75) is 26.3 Å². The van der Waals surface area contributed by atoms with Gasteiger partial charge in [0, 0.05) is 25.3 Å². The molecule has 3 N–H and O–H groups in total. The van der Waals surface area contributed by atoms with E-state index >= 15 is 0 Å². The molecule has 0 aliphatic heterocycles. The van der Waals surface area contributed by atoms with Crippen LogP contribution in [0.3, 0.4) is 0 Å². The van der Waals surface area contributed by atoms with Crippen molar-refractivity contribution in [2.75, 3.05) is 25.5 Å². The number of thiocarbonyl (C=S) groups is 1. The van der Waals surface area contributed by atoms with E-state index in [0.717, 1.165) is 30.9 Å². The first kappa shape index (κ1) is 14.9. The first-order chi connectivity index (χ1) is 8.56. The maximum atomic E-state index is 5.66. The van der Waals surface area contributed by atoms with Crippen molar-refractivity contribution >= 4 is 23.0 Å². The molecule has 1 rings (SSSR count). The molecule has 1 atom stereocenters. The summed E-state index contributed by atoms with van der Waals surface area (Å²) in [5.41, 5.74) is 6.46. The first-order valence-corrected chi connectivity index (χ1v) is 6.66. The predicted octanol–water partition coefficient (Wildman–Crippen LogP) is 1.86. The number of likely N-dealkylation sites (N-methyl/N-ethyl adjacent to an activating group) is 1. The van der Waals surface area contributed by atoms with Gasteiger partial charge in [-0.15, -0.1) is 0 Å².